The first kappa shape index (κ1) is 16.1. The fourth-order valence-electron chi connectivity index (χ4n) is 1.96. The number of likely N-dealkylation sites (tertiary alicyclic amines) is 1. The third kappa shape index (κ3) is 3.56. The van der Waals surface area contributed by atoms with Crippen molar-refractivity contribution in [2.45, 2.75) is 27.2 Å². The summed E-state index contributed by atoms with van der Waals surface area (Å²) in [6.45, 7) is 7.71. The molecular formula is C15H23N3O2. The zero-order valence-electron chi connectivity index (χ0n) is 12.6. The van der Waals surface area contributed by atoms with Gasteiger partial charge in [0, 0.05) is 20.1 Å². The number of nitrogens with one attached hydrogen (secondary N) is 1. The van der Waals surface area contributed by atoms with Gasteiger partial charge in [-0.25, -0.2) is 4.98 Å². The molecule has 0 aliphatic carbocycles. The van der Waals surface area contributed by atoms with Crippen molar-refractivity contribution in [3.63, 3.8) is 0 Å². The van der Waals surface area contributed by atoms with Crippen LogP contribution in [-0.2, 0) is 0 Å². The van der Waals surface area contributed by atoms with Gasteiger partial charge < -0.3 is 10.2 Å². The molecule has 1 fully saturated rings. The summed E-state index contributed by atoms with van der Waals surface area (Å²) >= 11 is 0. The maximum Gasteiger partial charge on any atom is 0.272 e. The number of nitrogens with zero attached hydrogens (tertiary/aromatic N) is 2. The molecule has 110 valence electrons. The van der Waals surface area contributed by atoms with Crippen molar-refractivity contribution in [2.75, 3.05) is 20.1 Å². The Morgan fingerprint density at radius 2 is 1.90 bits per heavy atom. The maximum atomic E-state index is 12.1. The minimum atomic E-state index is -0.278. The molecule has 1 aromatic heterocycles. The summed E-state index contributed by atoms with van der Waals surface area (Å²) in [6.07, 6.45) is 1.09. The van der Waals surface area contributed by atoms with E-state index in [1.165, 1.54) is 0 Å². The molecule has 0 unspecified atom stereocenters. The van der Waals surface area contributed by atoms with Crippen LogP contribution in [0.15, 0.2) is 18.2 Å². The Morgan fingerprint density at radius 1 is 1.30 bits per heavy atom. The predicted molar refractivity (Wildman–Crippen MR) is 78.7 cm³/mol. The molecule has 1 aromatic rings. The monoisotopic (exact) mass is 277 g/mol. The first-order valence-corrected chi connectivity index (χ1v) is 7.14. The van der Waals surface area contributed by atoms with Crippen LogP contribution in [0.2, 0.25) is 0 Å². The normalized spacial score (nSPS) is 13.9. The summed E-state index contributed by atoms with van der Waals surface area (Å²) in [6, 6.07) is 4.93. The molecule has 2 heterocycles. The van der Waals surface area contributed by atoms with Gasteiger partial charge in [0.2, 0.25) is 0 Å². The molecule has 20 heavy (non-hydrogen) atoms. The molecule has 1 aliphatic rings. The van der Waals surface area contributed by atoms with Gasteiger partial charge in [0.05, 0.1) is 0 Å². The second kappa shape index (κ2) is 7.62. The number of aromatic nitrogens is 1. The molecule has 1 saturated heterocycles. The molecular weight excluding hydrogens is 254 g/mol. The summed E-state index contributed by atoms with van der Waals surface area (Å²) in [5, 5.41) is 2.49. The lowest BCUT2D eigenvalue weighted by atomic mass is 9.97. The summed E-state index contributed by atoms with van der Waals surface area (Å²) in [5.74, 6) is 0.237. The van der Waals surface area contributed by atoms with E-state index in [0.29, 0.717) is 11.6 Å². The van der Waals surface area contributed by atoms with E-state index in [-0.39, 0.29) is 17.5 Å². The highest BCUT2D eigenvalue weighted by molar-refractivity contribution is 5.96. The van der Waals surface area contributed by atoms with Gasteiger partial charge in [-0.1, -0.05) is 26.8 Å². The van der Waals surface area contributed by atoms with Gasteiger partial charge >= 0.3 is 0 Å². The van der Waals surface area contributed by atoms with Gasteiger partial charge in [0.1, 0.15) is 11.4 Å². The lowest BCUT2D eigenvalue weighted by Crippen LogP contribution is -2.49. The third-order valence-corrected chi connectivity index (χ3v) is 3.25. The van der Waals surface area contributed by atoms with Crippen molar-refractivity contribution in [1.29, 1.82) is 0 Å². The minimum Gasteiger partial charge on any atom is -0.354 e. The molecule has 1 aliphatic heterocycles. The largest absolute Gasteiger partial charge is 0.354 e. The van der Waals surface area contributed by atoms with E-state index >= 15 is 0 Å². The SMILES string of the molecule is CC.CCC1CN(C(=O)c2cccc(C(=O)NC)n2)C1. The molecule has 2 rings (SSSR count). The van der Waals surface area contributed by atoms with Crippen LogP contribution in [0.25, 0.3) is 0 Å². The van der Waals surface area contributed by atoms with Crippen molar-refractivity contribution in [3.05, 3.63) is 29.6 Å². The molecule has 1 N–H and O–H groups in total. The molecule has 0 saturated carbocycles. The lowest BCUT2D eigenvalue weighted by Gasteiger charge is -2.38. The smallest absolute Gasteiger partial charge is 0.272 e. The van der Waals surface area contributed by atoms with Gasteiger partial charge in [0.15, 0.2) is 0 Å². The number of pyridine rings is 1. The van der Waals surface area contributed by atoms with Crippen LogP contribution in [0.1, 0.15) is 48.2 Å². The highest BCUT2D eigenvalue weighted by Crippen LogP contribution is 2.20. The number of rotatable bonds is 3. The number of amides is 2. The Hall–Kier alpha value is -1.91. The van der Waals surface area contributed by atoms with E-state index in [1.54, 1.807) is 30.1 Å². The van der Waals surface area contributed by atoms with Crippen molar-refractivity contribution in [3.8, 4) is 0 Å². The van der Waals surface area contributed by atoms with Crippen LogP contribution in [0.5, 0.6) is 0 Å². The number of carbonyl (C=O) groups is 2. The van der Waals surface area contributed by atoms with Crippen LogP contribution in [0, 0.1) is 5.92 Å². The maximum absolute atomic E-state index is 12.1. The van der Waals surface area contributed by atoms with Crippen molar-refractivity contribution < 1.29 is 9.59 Å². The highest BCUT2D eigenvalue weighted by atomic mass is 16.2. The zero-order chi connectivity index (χ0) is 15.1. The second-order valence-corrected chi connectivity index (χ2v) is 4.47. The average molecular weight is 277 g/mol. The highest BCUT2D eigenvalue weighted by Gasteiger charge is 2.30. The summed E-state index contributed by atoms with van der Waals surface area (Å²) in [7, 11) is 1.54. The number of carbonyl (C=O) groups excluding carboxylic acids is 2. The molecule has 0 bridgehead atoms. The number of hydrogen-bond acceptors (Lipinski definition) is 3. The van der Waals surface area contributed by atoms with Crippen LogP contribution in [0.4, 0.5) is 0 Å². The first-order chi connectivity index (χ1) is 9.65. The Balaban J connectivity index is 0.000000956. The molecule has 0 atom stereocenters. The summed E-state index contributed by atoms with van der Waals surface area (Å²) in [5.41, 5.74) is 0.613. The van der Waals surface area contributed by atoms with Crippen molar-refractivity contribution >= 4 is 11.8 Å². The molecule has 2 amide bonds. The third-order valence-electron chi connectivity index (χ3n) is 3.25. The van der Waals surface area contributed by atoms with Gasteiger partial charge in [-0.05, 0) is 24.5 Å². The van der Waals surface area contributed by atoms with Crippen LogP contribution in [-0.4, -0.2) is 41.8 Å². The van der Waals surface area contributed by atoms with E-state index < -0.39 is 0 Å². The molecule has 0 spiro atoms. The van der Waals surface area contributed by atoms with E-state index in [2.05, 4.69) is 17.2 Å². The van der Waals surface area contributed by atoms with Crippen LogP contribution in [0.3, 0.4) is 0 Å². The fourth-order valence-corrected chi connectivity index (χ4v) is 1.96. The standard InChI is InChI=1S/C13H17N3O2.C2H6/c1-3-9-7-16(8-9)13(18)11-6-4-5-10(15-11)12(17)14-2;1-2/h4-6,9H,3,7-8H2,1-2H3,(H,14,17);1-2H3. The predicted octanol–water partition coefficient (Wildman–Crippen LogP) is 1.95. The quantitative estimate of drug-likeness (QED) is 0.918. The first-order valence-electron chi connectivity index (χ1n) is 7.14. The van der Waals surface area contributed by atoms with Gasteiger partial charge in [-0.15, -0.1) is 0 Å². The second-order valence-electron chi connectivity index (χ2n) is 4.47. The van der Waals surface area contributed by atoms with Crippen LogP contribution >= 0.6 is 0 Å². The molecule has 5 heteroatoms. The summed E-state index contributed by atoms with van der Waals surface area (Å²) < 4.78 is 0. The van der Waals surface area contributed by atoms with E-state index in [4.69, 9.17) is 0 Å². The van der Waals surface area contributed by atoms with Crippen molar-refractivity contribution in [1.82, 2.24) is 15.2 Å². The average Bonchev–Trinajstić information content (AvgIpc) is 2.47. The molecule has 0 aromatic carbocycles. The Labute approximate surface area is 120 Å². The lowest BCUT2D eigenvalue weighted by molar-refractivity contribution is 0.0488. The van der Waals surface area contributed by atoms with Gasteiger partial charge in [-0.3, -0.25) is 9.59 Å². The van der Waals surface area contributed by atoms with E-state index in [0.717, 1.165) is 19.5 Å². The Morgan fingerprint density at radius 3 is 2.45 bits per heavy atom. The van der Waals surface area contributed by atoms with Crippen molar-refractivity contribution in [2.24, 2.45) is 5.92 Å². The molecule has 5 nitrogen and oxygen atoms in total. The fraction of sp³-hybridized carbons (Fsp3) is 0.533. The zero-order valence-corrected chi connectivity index (χ0v) is 12.6. The van der Waals surface area contributed by atoms with E-state index in [1.807, 2.05) is 13.8 Å². The molecule has 0 radical (unpaired) electrons. The topological polar surface area (TPSA) is 62.3 Å². The Kier molecular flexibility index (Phi) is 6.15. The Bertz CT molecular complexity index is 468. The van der Waals surface area contributed by atoms with E-state index in [9.17, 15) is 9.59 Å². The number of hydrogen-bond donors (Lipinski definition) is 1. The van der Waals surface area contributed by atoms with Gasteiger partial charge in [-0.2, -0.15) is 0 Å². The van der Waals surface area contributed by atoms with Gasteiger partial charge in [0.25, 0.3) is 11.8 Å². The van der Waals surface area contributed by atoms with Crippen LogP contribution < -0.4 is 5.32 Å². The summed E-state index contributed by atoms with van der Waals surface area (Å²) in [4.78, 5) is 29.4. The minimum absolute atomic E-state index is 0.0922.